The fourth-order valence-corrected chi connectivity index (χ4v) is 5.43. The van der Waals surface area contributed by atoms with Gasteiger partial charge in [0.2, 0.25) is 5.91 Å². The van der Waals surface area contributed by atoms with Crippen LogP contribution in [0.25, 0.3) is 20.7 Å². The van der Waals surface area contributed by atoms with Crippen LogP contribution in [0.4, 0.5) is 5.69 Å². The molecule has 4 aromatic rings. The number of carbonyl (C=O) groups excluding carboxylic acids is 1. The molecule has 158 valence electrons. The second-order valence-electron chi connectivity index (χ2n) is 6.90. The first-order chi connectivity index (χ1) is 15.1. The van der Waals surface area contributed by atoms with Gasteiger partial charge in [-0.25, -0.2) is 4.98 Å². The van der Waals surface area contributed by atoms with E-state index in [0.717, 1.165) is 16.1 Å². The molecular formula is C24H23N3O2S2. The molecule has 2 aromatic carbocycles. The van der Waals surface area contributed by atoms with Gasteiger partial charge in [0.1, 0.15) is 4.70 Å². The summed E-state index contributed by atoms with van der Waals surface area (Å²) in [5.41, 5.74) is 2.57. The van der Waals surface area contributed by atoms with E-state index in [9.17, 15) is 9.59 Å². The highest BCUT2D eigenvalue weighted by Gasteiger charge is 2.18. The molecule has 5 nitrogen and oxygen atoms in total. The Morgan fingerprint density at radius 2 is 1.74 bits per heavy atom. The SMILES string of the molecule is CCN(C(=O)CSc1nc2cc(-c3ccccc3)sc2c(=O)n1CC)c1ccccc1. The smallest absolute Gasteiger partial charge is 0.272 e. The van der Waals surface area contributed by atoms with Gasteiger partial charge in [-0.2, -0.15) is 0 Å². The Kier molecular flexibility index (Phi) is 6.53. The molecule has 0 aliphatic rings. The maximum absolute atomic E-state index is 13.1. The Balaban J connectivity index is 1.62. The van der Waals surface area contributed by atoms with Gasteiger partial charge in [-0.3, -0.25) is 14.2 Å². The van der Waals surface area contributed by atoms with Crippen molar-refractivity contribution in [3.63, 3.8) is 0 Å². The quantitative estimate of drug-likeness (QED) is 0.284. The Bertz CT molecular complexity index is 1250. The van der Waals surface area contributed by atoms with Gasteiger partial charge in [0.05, 0.1) is 11.3 Å². The zero-order valence-corrected chi connectivity index (χ0v) is 19.1. The van der Waals surface area contributed by atoms with Gasteiger partial charge >= 0.3 is 0 Å². The van der Waals surface area contributed by atoms with E-state index in [1.54, 1.807) is 9.47 Å². The summed E-state index contributed by atoms with van der Waals surface area (Å²) in [6.45, 7) is 4.97. The molecule has 4 rings (SSSR count). The lowest BCUT2D eigenvalue weighted by Gasteiger charge is -2.21. The summed E-state index contributed by atoms with van der Waals surface area (Å²) in [6, 6.07) is 21.6. The Morgan fingerprint density at radius 1 is 1.06 bits per heavy atom. The van der Waals surface area contributed by atoms with Gasteiger partial charge in [0.25, 0.3) is 5.56 Å². The van der Waals surface area contributed by atoms with Crippen molar-refractivity contribution in [3.05, 3.63) is 77.1 Å². The summed E-state index contributed by atoms with van der Waals surface area (Å²) < 4.78 is 2.31. The number of rotatable bonds is 7. The normalized spacial score (nSPS) is 11.0. The number of anilines is 1. The Morgan fingerprint density at radius 3 is 2.39 bits per heavy atom. The van der Waals surface area contributed by atoms with Crippen molar-refractivity contribution < 1.29 is 4.79 Å². The molecule has 0 spiro atoms. The number of nitrogens with zero attached hydrogens (tertiary/aromatic N) is 3. The molecule has 31 heavy (non-hydrogen) atoms. The molecule has 0 atom stereocenters. The van der Waals surface area contributed by atoms with Gasteiger partial charge in [0.15, 0.2) is 5.16 Å². The number of amides is 1. The minimum absolute atomic E-state index is 0.00834. The van der Waals surface area contributed by atoms with Crippen molar-refractivity contribution in [2.45, 2.75) is 25.5 Å². The van der Waals surface area contributed by atoms with Crippen LogP contribution in [0.2, 0.25) is 0 Å². The molecule has 0 bridgehead atoms. The highest BCUT2D eigenvalue weighted by Crippen LogP contribution is 2.32. The van der Waals surface area contributed by atoms with Crippen LogP contribution >= 0.6 is 23.1 Å². The Labute approximate surface area is 189 Å². The second kappa shape index (κ2) is 9.49. The summed E-state index contributed by atoms with van der Waals surface area (Å²) in [5.74, 6) is 0.210. The van der Waals surface area contributed by atoms with Crippen LogP contribution < -0.4 is 10.5 Å². The molecule has 1 amide bonds. The molecule has 7 heteroatoms. The molecule has 2 aromatic heterocycles. The fourth-order valence-electron chi connectivity index (χ4n) is 3.44. The first kappa shape index (κ1) is 21.3. The van der Waals surface area contributed by atoms with Crippen LogP contribution in [-0.2, 0) is 11.3 Å². The molecular weight excluding hydrogens is 426 g/mol. The predicted molar refractivity (Wildman–Crippen MR) is 130 cm³/mol. The van der Waals surface area contributed by atoms with E-state index in [-0.39, 0.29) is 17.2 Å². The van der Waals surface area contributed by atoms with Gasteiger partial charge in [-0.15, -0.1) is 11.3 Å². The number of hydrogen-bond acceptors (Lipinski definition) is 5. The van der Waals surface area contributed by atoms with E-state index >= 15 is 0 Å². The molecule has 0 saturated carbocycles. The lowest BCUT2D eigenvalue weighted by molar-refractivity contribution is -0.116. The largest absolute Gasteiger partial charge is 0.312 e. The monoisotopic (exact) mass is 449 g/mol. The van der Waals surface area contributed by atoms with Gasteiger partial charge < -0.3 is 4.90 Å². The summed E-state index contributed by atoms with van der Waals surface area (Å²) in [7, 11) is 0. The number of hydrogen-bond donors (Lipinski definition) is 0. The number of benzene rings is 2. The van der Waals surface area contributed by atoms with Crippen LogP contribution in [0, 0.1) is 0 Å². The van der Waals surface area contributed by atoms with Crippen LogP contribution in [0.3, 0.4) is 0 Å². The van der Waals surface area contributed by atoms with Crippen molar-refractivity contribution in [1.29, 1.82) is 0 Å². The molecule has 0 aliphatic heterocycles. The number of aromatic nitrogens is 2. The lowest BCUT2D eigenvalue weighted by Crippen LogP contribution is -2.32. The topological polar surface area (TPSA) is 55.2 Å². The third-order valence-electron chi connectivity index (χ3n) is 4.98. The van der Waals surface area contributed by atoms with E-state index in [4.69, 9.17) is 4.98 Å². The first-order valence-corrected chi connectivity index (χ1v) is 12.0. The van der Waals surface area contributed by atoms with E-state index in [1.807, 2.05) is 80.6 Å². The molecule has 0 unspecified atom stereocenters. The molecule has 0 fully saturated rings. The average molecular weight is 450 g/mol. The van der Waals surface area contributed by atoms with Gasteiger partial charge in [0, 0.05) is 23.7 Å². The standard InChI is InChI=1S/C24H23N3O2S2/c1-3-26(18-13-9-6-10-14-18)21(28)16-30-24-25-19-15-20(17-11-7-5-8-12-17)31-22(19)23(29)27(24)4-2/h5-15H,3-4,16H2,1-2H3. The molecule has 0 aliphatic carbocycles. The predicted octanol–water partition coefficient (Wildman–Crippen LogP) is 5.29. The zero-order valence-electron chi connectivity index (χ0n) is 17.4. The van der Waals surface area contributed by atoms with Crippen molar-refractivity contribution in [3.8, 4) is 10.4 Å². The maximum Gasteiger partial charge on any atom is 0.272 e. The Hall–Kier alpha value is -2.90. The van der Waals surface area contributed by atoms with Crippen molar-refractivity contribution in [1.82, 2.24) is 9.55 Å². The zero-order chi connectivity index (χ0) is 21.8. The summed E-state index contributed by atoms with van der Waals surface area (Å²) in [6.07, 6.45) is 0. The van der Waals surface area contributed by atoms with Crippen LogP contribution in [0.15, 0.2) is 76.7 Å². The molecule has 2 heterocycles. The maximum atomic E-state index is 13.1. The molecule has 0 saturated heterocycles. The number of fused-ring (bicyclic) bond motifs is 1. The lowest BCUT2D eigenvalue weighted by atomic mass is 10.2. The first-order valence-electron chi connectivity index (χ1n) is 10.2. The summed E-state index contributed by atoms with van der Waals surface area (Å²) >= 11 is 2.78. The number of carbonyl (C=O) groups is 1. The average Bonchev–Trinajstić information content (AvgIpc) is 3.24. The summed E-state index contributed by atoms with van der Waals surface area (Å²) in [5, 5.41) is 0.579. The minimum Gasteiger partial charge on any atom is -0.312 e. The van der Waals surface area contributed by atoms with E-state index < -0.39 is 0 Å². The van der Waals surface area contributed by atoms with Crippen molar-refractivity contribution in [2.75, 3.05) is 17.2 Å². The van der Waals surface area contributed by atoms with E-state index in [1.165, 1.54) is 23.1 Å². The van der Waals surface area contributed by atoms with E-state index in [0.29, 0.717) is 28.5 Å². The minimum atomic E-state index is -0.0509. The van der Waals surface area contributed by atoms with Crippen molar-refractivity contribution in [2.24, 2.45) is 0 Å². The number of thiophene rings is 1. The van der Waals surface area contributed by atoms with Crippen LogP contribution in [-0.4, -0.2) is 27.8 Å². The second-order valence-corrected chi connectivity index (χ2v) is 8.89. The van der Waals surface area contributed by atoms with Crippen LogP contribution in [0.1, 0.15) is 13.8 Å². The highest BCUT2D eigenvalue weighted by molar-refractivity contribution is 7.99. The number of para-hydroxylation sites is 1. The fraction of sp³-hybridized carbons (Fsp3) is 0.208. The highest BCUT2D eigenvalue weighted by atomic mass is 32.2. The van der Waals surface area contributed by atoms with Crippen LogP contribution in [0.5, 0.6) is 0 Å². The van der Waals surface area contributed by atoms with E-state index in [2.05, 4.69) is 0 Å². The summed E-state index contributed by atoms with van der Waals surface area (Å²) in [4.78, 5) is 33.5. The van der Waals surface area contributed by atoms with Crippen molar-refractivity contribution >= 4 is 44.9 Å². The third kappa shape index (κ3) is 4.43. The third-order valence-corrected chi connectivity index (χ3v) is 7.11. The molecule has 0 N–H and O–H groups in total. The number of thioether (sulfide) groups is 1. The molecule has 0 radical (unpaired) electrons. The van der Waals surface area contributed by atoms with Gasteiger partial charge in [-0.1, -0.05) is 60.3 Å². The van der Waals surface area contributed by atoms with Gasteiger partial charge in [-0.05, 0) is 37.6 Å².